The third kappa shape index (κ3) is 3.31. The SMILES string of the molecule is O=c1[nH]ncc2cc(CP(Br)(c3ccccc3)(c3ccccc3)c3ccccc3)ccc12. The Bertz CT molecular complexity index is 1340. The van der Waals surface area contributed by atoms with Crippen LogP contribution in [0.2, 0.25) is 0 Å². The number of nitrogens with zero attached hydrogens (tertiary/aromatic N) is 1. The first-order chi connectivity index (χ1) is 15.6. The molecule has 5 rings (SSSR count). The fourth-order valence-corrected chi connectivity index (χ4v) is 12.2. The van der Waals surface area contributed by atoms with E-state index in [1.54, 1.807) is 6.20 Å². The average Bonchev–Trinajstić information content (AvgIpc) is 2.86. The first-order valence-corrected chi connectivity index (χ1v) is 14.9. The van der Waals surface area contributed by atoms with Gasteiger partial charge in [0.05, 0.1) is 0 Å². The van der Waals surface area contributed by atoms with Crippen molar-refractivity contribution in [2.75, 3.05) is 0 Å². The van der Waals surface area contributed by atoms with Crippen molar-refractivity contribution in [2.24, 2.45) is 0 Å². The topological polar surface area (TPSA) is 45.8 Å². The van der Waals surface area contributed by atoms with E-state index in [4.69, 9.17) is 0 Å². The summed E-state index contributed by atoms with van der Waals surface area (Å²) in [4.78, 5) is 12.2. The van der Waals surface area contributed by atoms with Crippen molar-refractivity contribution < 1.29 is 0 Å². The quantitative estimate of drug-likeness (QED) is 0.334. The zero-order chi connectivity index (χ0) is 22.0. The van der Waals surface area contributed by atoms with Gasteiger partial charge in [-0.05, 0) is 0 Å². The molecule has 0 saturated carbocycles. The second kappa shape index (κ2) is 8.12. The maximum atomic E-state index is 12.2. The molecule has 1 aromatic heterocycles. The van der Waals surface area contributed by atoms with Crippen LogP contribution < -0.4 is 21.5 Å². The van der Waals surface area contributed by atoms with E-state index in [9.17, 15) is 4.79 Å². The Labute approximate surface area is 194 Å². The van der Waals surface area contributed by atoms with Crippen molar-refractivity contribution in [3.63, 3.8) is 0 Å². The van der Waals surface area contributed by atoms with Crippen molar-refractivity contribution in [2.45, 2.75) is 6.16 Å². The van der Waals surface area contributed by atoms with E-state index in [0.717, 1.165) is 17.1 Å². The summed E-state index contributed by atoms with van der Waals surface area (Å²) in [6, 6.07) is 38.2. The molecule has 0 unspecified atom stereocenters. The molecule has 0 aliphatic carbocycles. The van der Waals surface area contributed by atoms with Crippen LogP contribution in [-0.2, 0) is 6.16 Å². The molecule has 3 nitrogen and oxygen atoms in total. The summed E-state index contributed by atoms with van der Waals surface area (Å²) in [5.41, 5.74) is 0.982. The molecule has 158 valence electrons. The Morgan fingerprint density at radius 1 is 0.719 bits per heavy atom. The molecule has 0 aliphatic heterocycles. The van der Waals surface area contributed by atoms with Crippen molar-refractivity contribution in [3.05, 3.63) is 131 Å². The molecule has 32 heavy (non-hydrogen) atoms. The molecule has 0 atom stereocenters. The molecule has 5 aromatic rings. The molecular formula is C27H22BrN2OP. The van der Waals surface area contributed by atoms with Crippen LogP contribution in [0.4, 0.5) is 0 Å². The third-order valence-corrected chi connectivity index (χ3v) is 15.6. The molecule has 0 aliphatic rings. The van der Waals surface area contributed by atoms with Gasteiger partial charge < -0.3 is 0 Å². The second-order valence-corrected chi connectivity index (χ2v) is 16.9. The van der Waals surface area contributed by atoms with Gasteiger partial charge in [-0.1, -0.05) is 0 Å². The van der Waals surface area contributed by atoms with Crippen LogP contribution in [0.15, 0.2) is 120 Å². The summed E-state index contributed by atoms with van der Waals surface area (Å²) in [5.74, 6) is 0. The number of hydrogen-bond acceptors (Lipinski definition) is 2. The molecule has 0 bridgehead atoms. The molecule has 0 spiro atoms. The molecule has 1 N–H and O–H groups in total. The Morgan fingerprint density at radius 3 is 1.72 bits per heavy atom. The number of aromatic nitrogens is 2. The van der Waals surface area contributed by atoms with Gasteiger partial charge >= 0.3 is 195 Å². The van der Waals surface area contributed by atoms with Crippen LogP contribution in [0.1, 0.15) is 5.56 Å². The molecule has 0 fully saturated rings. The zero-order valence-corrected chi connectivity index (χ0v) is 19.8. The van der Waals surface area contributed by atoms with Gasteiger partial charge in [-0.25, -0.2) is 0 Å². The van der Waals surface area contributed by atoms with Crippen molar-refractivity contribution >= 4 is 47.5 Å². The Balaban J connectivity index is 1.83. The van der Waals surface area contributed by atoms with Gasteiger partial charge in [0.1, 0.15) is 0 Å². The van der Waals surface area contributed by atoms with E-state index in [0.29, 0.717) is 5.39 Å². The van der Waals surface area contributed by atoms with Gasteiger partial charge in [0.2, 0.25) is 0 Å². The number of aromatic amines is 1. The van der Waals surface area contributed by atoms with E-state index >= 15 is 0 Å². The van der Waals surface area contributed by atoms with Crippen LogP contribution in [0.5, 0.6) is 0 Å². The van der Waals surface area contributed by atoms with Crippen molar-refractivity contribution in [3.8, 4) is 0 Å². The number of rotatable bonds is 5. The van der Waals surface area contributed by atoms with Crippen molar-refractivity contribution in [1.82, 2.24) is 10.2 Å². The summed E-state index contributed by atoms with van der Waals surface area (Å²) < 4.78 is 0. The molecular weight excluding hydrogens is 479 g/mol. The number of H-pyrrole nitrogens is 1. The minimum atomic E-state index is -3.08. The molecule has 4 aromatic carbocycles. The zero-order valence-electron chi connectivity index (χ0n) is 17.4. The predicted octanol–water partition coefficient (Wildman–Crippen LogP) is 5.26. The summed E-state index contributed by atoms with van der Waals surface area (Å²) in [6.07, 6.45) is 2.49. The normalized spacial score (nSPS) is 12.8. The molecule has 0 amide bonds. The summed E-state index contributed by atoms with van der Waals surface area (Å²) in [5, 5.41) is 8.73. The first kappa shape index (κ1) is 20.8. The number of benzene rings is 4. The van der Waals surface area contributed by atoms with Gasteiger partial charge in [-0.3, -0.25) is 0 Å². The van der Waals surface area contributed by atoms with Gasteiger partial charge in [0, 0.05) is 0 Å². The predicted molar refractivity (Wildman–Crippen MR) is 140 cm³/mol. The molecule has 0 saturated heterocycles. The Hall–Kier alpha value is -3.07. The fourth-order valence-electron chi connectivity index (χ4n) is 4.53. The van der Waals surface area contributed by atoms with E-state index in [1.807, 2.05) is 6.07 Å². The van der Waals surface area contributed by atoms with Gasteiger partial charge in [0.15, 0.2) is 0 Å². The van der Waals surface area contributed by atoms with E-state index in [-0.39, 0.29) is 5.56 Å². The summed E-state index contributed by atoms with van der Waals surface area (Å²) in [7, 11) is 0. The summed E-state index contributed by atoms with van der Waals surface area (Å²) in [6.45, 7) is 0. The maximum absolute atomic E-state index is 12.2. The van der Waals surface area contributed by atoms with E-state index in [1.165, 1.54) is 15.9 Å². The fraction of sp³-hybridized carbons (Fsp3) is 0.0370. The Morgan fingerprint density at radius 2 is 1.22 bits per heavy atom. The van der Waals surface area contributed by atoms with Gasteiger partial charge in [-0.15, -0.1) is 0 Å². The molecule has 1 heterocycles. The van der Waals surface area contributed by atoms with Crippen LogP contribution in [0, 0.1) is 0 Å². The monoisotopic (exact) mass is 500 g/mol. The third-order valence-electron chi connectivity index (χ3n) is 6.09. The number of nitrogens with one attached hydrogen (secondary N) is 1. The first-order valence-electron chi connectivity index (χ1n) is 10.5. The minimum absolute atomic E-state index is 0.167. The average molecular weight is 501 g/mol. The Kier molecular flexibility index (Phi) is 5.28. The van der Waals surface area contributed by atoms with Crippen LogP contribution in [-0.4, -0.2) is 10.2 Å². The van der Waals surface area contributed by atoms with Crippen molar-refractivity contribution in [1.29, 1.82) is 0 Å². The van der Waals surface area contributed by atoms with E-state index < -0.39 is 5.31 Å². The van der Waals surface area contributed by atoms with Crippen LogP contribution in [0.3, 0.4) is 0 Å². The van der Waals surface area contributed by atoms with Gasteiger partial charge in [-0.2, -0.15) is 0 Å². The van der Waals surface area contributed by atoms with Gasteiger partial charge in [0.25, 0.3) is 0 Å². The number of fused-ring (bicyclic) bond motifs is 1. The van der Waals surface area contributed by atoms with E-state index in [2.05, 4.69) is 129 Å². The standard InChI is InChI=1S/C27H22BrN2OP/c28-32(23-10-4-1-5-11-23,24-12-6-2-7-13-24,25-14-8-3-9-15-25)20-21-16-17-26-22(18-21)19-29-30-27(26)31/h1-19H,20H2,(H,30,31). The van der Waals surface area contributed by atoms with Crippen LogP contribution >= 0.6 is 20.8 Å². The molecule has 5 heteroatoms. The number of hydrogen-bond donors (Lipinski definition) is 1. The second-order valence-electron chi connectivity index (χ2n) is 7.97. The number of halogens is 1. The summed E-state index contributed by atoms with van der Waals surface area (Å²) >= 11 is 4.48. The van der Waals surface area contributed by atoms with Crippen LogP contribution in [0.25, 0.3) is 10.8 Å². The molecule has 0 radical (unpaired) electrons.